The number of halogens is 1. The van der Waals surface area contributed by atoms with Gasteiger partial charge in [0.1, 0.15) is 5.82 Å². The van der Waals surface area contributed by atoms with Gasteiger partial charge in [-0.1, -0.05) is 24.3 Å². The van der Waals surface area contributed by atoms with Crippen molar-refractivity contribution in [2.24, 2.45) is 0 Å². The van der Waals surface area contributed by atoms with E-state index in [4.69, 9.17) is 5.11 Å². The second-order valence-electron chi connectivity index (χ2n) is 4.20. The number of carboxylic acid groups (broad SMARTS) is 1. The predicted octanol–water partition coefficient (Wildman–Crippen LogP) is 2.85. The number of nitrogens with zero attached hydrogens (tertiary/aromatic N) is 2. The number of rotatable bonds is 5. The summed E-state index contributed by atoms with van der Waals surface area (Å²) in [5.41, 5.74) is 2.14. The fraction of sp³-hybridized carbons (Fsp3) is 0.214. The highest BCUT2D eigenvalue weighted by Gasteiger charge is 2.02. The van der Waals surface area contributed by atoms with E-state index in [-0.39, 0.29) is 6.42 Å². The third-order valence-electron chi connectivity index (χ3n) is 2.69. The van der Waals surface area contributed by atoms with Crippen molar-refractivity contribution in [2.75, 3.05) is 0 Å². The molecule has 0 radical (unpaired) electrons. The second kappa shape index (κ2) is 6.43. The fourth-order valence-electron chi connectivity index (χ4n) is 1.69. The van der Waals surface area contributed by atoms with Crippen LogP contribution in [-0.2, 0) is 17.6 Å². The molecule has 1 aromatic heterocycles. The number of carboxylic acids is 1. The van der Waals surface area contributed by atoms with Crippen LogP contribution in [0.2, 0.25) is 0 Å². The molecule has 98 valence electrons. The lowest BCUT2D eigenvalue weighted by molar-refractivity contribution is -0.136. The Kier molecular flexibility index (Phi) is 4.63. The van der Waals surface area contributed by atoms with Crippen LogP contribution in [0.5, 0.6) is 0 Å². The van der Waals surface area contributed by atoms with Gasteiger partial charge in [-0.15, -0.1) is 0 Å². The van der Waals surface area contributed by atoms with Crippen molar-refractivity contribution in [1.82, 2.24) is 9.97 Å². The van der Waals surface area contributed by atoms with Crippen molar-refractivity contribution in [3.05, 3.63) is 58.1 Å². The van der Waals surface area contributed by atoms with E-state index >= 15 is 0 Å². The Labute approximate surface area is 119 Å². The number of aryl methyl sites for hydroxylation is 1. The smallest absolute Gasteiger partial charge is 0.303 e. The van der Waals surface area contributed by atoms with E-state index in [9.17, 15) is 4.79 Å². The maximum atomic E-state index is 10.5. The van der Waals surface area contributed by atoms with Gasteiger partial charge in [-0.05, 0) is 33.5 Å². The summed E-state index contributed by atoms with van der Waals surface area (Å²) >= 11 is 3.30. The van der Waals surface area contributed by atoms with Gasteiger partial charge in [0.2, 0.25) is 0 Å². The molecule has 0 bridgehead atoms. The van der Waals surface area contributed by atoms with Gasteiger partial charge in [0.25, 0.3) is 0 Å². The van der Waals surface area contributed by atoms with Gasteiger partial charge in [0.15, 0.2) is 0 Å². The van der Waals surface area contributed by atoms with E-state index in [0.29, 0.717) is 12.8 Å². The van der Waals surface area contributed by atoms with Crippen LogP contribution in [-0.4, -0.2) is 21.0 Å². The molecule has 0 atom stereocenters. The molecule has 0 saturated heterocycles. The van der Waals surface area contributed by atoms with Crippen LogP contribution in [0.1, 0.15) is 23.4 Å². The highest BCUT2D eigenvalue weighted by molar-refractivity contribution is 9.10. The minimum atomic E-state index is -0.771. The van der Waals surface area contributed by atoms with Gasteiger partial charge >= 0.3 is 5.97 Å². The highest BCUT2D eigenvalue weighted by Crippen LogP contribution is 2.11. The van der Waals surface area contributed by atoms with Gasteiger partial charge in [-0.25, -0.2) is 9.97 Å². The molecule has 2 aromatic rings. The maximum absolute atomic E-state index is 10.5. The predicted molar refractivity (Wildman–Crippen MR) is 74.9 cm³/mol. The molecular weight excluding hydrogens is 308 g/mol. The molecule has 2 rings (SSSR count). The minimum Gasteiger partial charge on any atom is -0.481 e. The first-order valence-electron chi connectivity index (χ1n) is 5.89. The lowest BCUT2D eigenvalue weighted by Gasteiger charge is -2.03. The highest BCUT2D eigenvalue weighted by atomic mass is 79.9. The minimum absolute atomic E-state index is 0.162. The van der Waals surface area contributed by atoms with E-state index < -0.39 is 5.97 Å². The van der Waals surface area contributed by atoms with Crippen molar-refractivity contribution in [2.45, 2.75) is 19.3 Å². The Bertz CT molecular complexity index is 553. The topological polar surface area (TPSA) is 63.1 Å². The molecule has 0 amide bonds. The zero-order valence-electron chi connectivity index (χ0n) is 10.2. The molecule has 0 spiro atoms. The molecule has 1 N–H and O–H groups in total. The molecule has 0 aliphatic carbocycles. The summed E-state index contributed by atoms with van der Waals surface area (Å²) in [5, 5.41) is 8.63. The Balaban J connectivity index is 1.98. The average Bonchev–Trinajstić information content (AvgIpc) is 2.40. The number of aromatic nitrogens is 2. The van der Waals surface area contributed by atoms with E-state index in [1.165, 1.54) is 0 Å². The Morgan fingerprint density at radius 3 is 2.26 bits per heavy atom. The summed E-state index contributed by atoms with van der Waals surface area (Å²) in [6.07, 6.45) is 4.85. The first-order valence-corrected chi connectivity index (χ1v) is 6.69. The summed E-state index contributed by atoms with van der Waals surface area (Å²) in [6.45, 7) is 0. The maximum Gasteiger partial charge on any atom is 0.303 e. The van der Waals surface area contributed by atoms with Crippen molar-refractivity contribution in [1.29, 1.82) is 0 Å². The number of carbonyl (C=O) groups is 1. The molecule has 0 fully saturated rings. The quantitative estimate of drug-likeness (QED) is 0.920. The van der Waals surface area contributed by atoms with Crippen molar-refractivity contribution in [3.63, 3.8) is 0 Å². The molecule has 1 heterocycles. The summed E-state index contributed by atoms with van der Waals surface area (Å²) < 4.78 is 0.861. The van der Waals surface area contributed by atoms with Gasteiger partial charge in [0, 0.05) is 25.2 Å². The normalized spacial score (nSPS) is 10.4. The lowest BCUT2D eigenvalue weighted by Crippen LogP contribution is -1.98. The van der Waals surface area contributed by atoms with Crippen LogP contribution in [0.15, 0.2) is 41.1 Å². The monoisotopic (exact) mass is 320 g/mol. The van der Waals surface area contributed by atoms with Crippen LogP contribution in [0.4, 0.5) is 0 Å². The first-order chi connectivity index (χ1) is 9.13. The molecule has 0 unspecified atom stereocenters. The van der Waals surface area contributed by atoms with E-state index in [0.717, 1.165) is 21.4 Å². The van der Waals surface area contributed by atoms with Gasteiger partial charge in [-0.2, -0.15) is 0 Å². The Morgan fingerprint density at radius 2 is 1.68 bits per heavy atom. The third-order valence-corrected chi connectivity index (χ3v) is 3.10. The molecule has 0 saturated carbocycles. The van der Waals surface area contributed by atoms with E-state index in [1.807, 2.05) is 24.3 Å². The van der Waals surface area contributed by atoms with Crippen molar-refractivity contribution < 1.29 is 9.90 Å². The second-order valence-corrected chi connectivity index (χ2v) is 5.12. The average molecular weight is 321 g/mol. The van der Waals surface area contributed by atoms with Gasteiger partial charge in [0.05, 0.1) is 4.47 Å². The van der Waals surface area contributed by atoms with Crippen molar-refractivity contribution >= 4 is 21.9 Å². The summed E-state index contributed by atoms with van der Waals surface area (Å²) in [5.74, 6) is -0.00572. The first kappa shape index (κ1) is 13.7. The fourth-order valence-corrected chi connectivity index (χ4v) is 1.89. The summed E-state index contributed by atoms with van der Waals surface area (Å²) in [6, 6.07) is 7.89. The molecule has 4 nitrogen and oxygen atoms in total. The van der Waals surface area contributed by atoms with E-state index in [2.05, 4.69) is 25.9 Å². The molecule has 5 heteroatoms. The van der Waals surface area contributed by atoms with Crippen molar-refractivity contribution in [3.8, 4) is 0 Å². The summed E-state index contributed by atoms with van der Waals surface area (Å²) in [4.78, 5) is 18.9. The zero-order chi connectivity index (χ0) is 13.7. The van der Waals surface area contributed by atoms with E-state index in [1.54, 1.807) is 12.4 Å². The number of benzene rings is 1. The standard InChI is InChI=1S/C14H13BrN2O2/c15-12-8-16-13(17-9-12)7-11-3-1-10(2-4-11)5-6-14(18)19/h1-4,8-9H,5-7H2,(H,18,19). The third kappa shape index (κ3) is 4.44. The Hall–Kier alpha value is -1.75. The van der Waals surface area contributed by atoms with Crippen LogP contribution in [0.3, 0.4) is 0 Å². The number of hydrogen-bond acceptors (Lipinski definition) is 3. The molecule has 1 aromatic carbocycles. The molecular formula is C14H13BrN2O2. The van der Waals surface area contributed by atoms with Crippen LogP contribution in [0, 0.1) is 0 Å². The SMILES string of the molecule is O=C(O)CCc1ccc(Cc2ncc(Br)cn2)cc1. The molecule has 0 aliphatic heterocycles. The van der Waals surface area contributed by atoms with Gasteiger partial charge in [-0.3, -0.25) is 4.79 Å². The summed E-state index contributed by atoms with van der Waals surface area (Å²) in [7, 11) is 0. The van der Waals surface area contributed by atoms with Crippen LogP contribution < -0.4 is 0 Å². The molecule has 19 heavy (non-hydrogen) atoms. The number of aliphatic carboxylic acids is 1. The molecule has 0 aliphatic rings. The lowest BCUT2D eigenvalue weighted by atomic mass is 10.1. The Morgan fingerprint density at radius 1 is 1.11 bits per heavy atom. The van der Waals surface area contributed by atoms with Crippen LogP contribution in [0.25, 0.3) is 0 Å². The zero-order valence-corrected chi connectivity index (χ0v) is 11.8. The number of hydrogen-bond donors (Lipinski definition) is 1. The largest absolute Gasteiger partial charge is 0.481 e. The van der Waals surface area contributed by atoms with Crippen LogP contribution >= 0.6 is 15.9 Å². The van der Waals surface area contributed by atoms with Gasteiger partial charge < -0.3 is 5.11 Å².